The number of alkyl halides is 3. The van der Waals surface area contributed by atoms with E-state index in [4.69, 9.17) is 24.7 Å². The van der Waals surface area contributed by atoms with E-state index < -0.39 is 11.7 Å². The normalized spacial score (nSPS) is 14.8. The van der Waals surface area contributed by atoms with Gasteiger partial charge in [-0.25, -0.2) is 4.98 Å². The number of nitrogens with zero attached hydrogens (tertiary/aromatic N) is 4. The van der Waals surface area contributed by atoms with E-state index in [1.54, 1.807) is 48.1 Å². The molecule has 0 atom stereocenters. The van der Waals surface area contributed by atoms with Crippen molar-refractivity contribution in [2.45, 2.75) is 20.0 Å². The highest BCUT2D eigenvalue weighted by molar-refractivity contribution is 5.97. The highest BCUT2D eigenvalue weighted by atomic mass is 19.4. The van der Waals surface area contributed by atoms with E-state index in [-0.39, 0.29) is 23.6 Å². The number of aryl methyl sites for hydroxylation is 2. The van der Waals surface area contributed by atoms with Crippen molar-refractivity contribution in [2.24, 2.45) is 0 Å². The first-order chi connectivity index (χ1) is 22.9. The number of nitrogens with one attached hydrogen (secondary N) is 2. The molecule has 2 saturated heterocycles. The van der Waals surface area contributed by atoms with Crippen LogP contribution in [0.3, 0.4) is 0 Å². The Kier molecular flexibility index (Phi) is 11.9. The van der Waals surface area contributed by atoms with E-state index in [9.17, 15) is 22.8 Å². The fraction of sp³-hybridized carbons (Fsp3) is 0.438. The zero-order valence-electron chi connectivity index (χ0n) is 27.5. The molecular formula is C32H40F3N7O6. The fourth-order valence-corrected chi connectivity index (χ4v) is 5.14. The lowest BCUT2D eigenvalue weighted by molar-refractivity contribution is -0.137. The number of amides is 2. The number of anilines is 4. The summed E-state index contributed by atoms with van der Waals surface area (Å²) >= 11 is 0. The number of rotatable bonds is 7. The minimum Gasteiger partial charge on any atom is -0.495 e. The maximum Gasteiger partial charge on any atom is 0.421 e. The van der Waals surface area contributed by atoms with Gasteiger partial charge in [0.2, 0.25) is 5.95 Å². The number of nitrogens with two attached hydrogens (primary N) is 1. The van der Waals surface area contributed by atoms with Gasteiger partial charge in [-0.2, -0.15) is 18.2 Å². The molecule has 0 radical (unpaired) electrons. The lowest BCUT2D eigenvalue weighted by Gasteiger charge is -2.27. The molecule has 3 aromatic rings. The third kappa shape index (κ3) is 8.55. The number of aromatic nitrogens is 2. The second-order valence-electron chi connectivity index (χ2n) is 10.9. The number of morpholine rings is 2. The molecule has 1 aromatic heterocycles. The van der Waals surface area contributed by atoms with Gasteiger partial charge in [0.15, 0.2) is 0 Å². The standard InChI is InChI=1S/C19H22F3N5O3.C13H18N2O3/c1-11-8-14(25-18-24-10-13(19(20,21)22)16(23-2)26-18)15(29-3)9-12(11)17(28)27-4-6-30-7-5-27;1-9-7-11(14)12(17-2)8-10(9)13(16)15-3-5-18-6-4-15/h8-10H,4-7H2,1-3H3,(H2,23,24,25,26);7-8H,3-6,14H2,1-2H3. The average Bonchev–Trinajstić information content (AvgIpc) is 3.08. The summed E-state index contributed by atoms with van der Waals surface area (Å²) < 4.78 is 60.2. The van der Waals surface area contributed by atoms with Gasteiger partial charge in [0, 0.05) is 50.6 Å². The van der Waals surface area contributed by atoms with E-state index in [0.717, 1.165) is 5.56 Å². The third-order valence-corrected chi connectivity index (χ3v) is 7.76. The van der Waals surface area contributed by atoms with Gasteiger partial charge in [-0.15, -0.1) is 0 Å². The van der Waals surface area contributed by atoms with E-state index in [1.165, 1.54) is 14.2 Å². The summed E-state index contributed by atoms with van der Waals surface area (Å²) in [7, 11) is 4.33. The number of methoxy groups -OCH3 is 2. The van der Waals surface area contributed by atoms with Gasteiger partial charge in [-0.1, -0.05) is 0 Å². The van der Waals surface area contributed by atoms with Crippen LogP contribution in [0.4, 0.5) is 36.3 Å². The summed E-state index contributed by atoms with van der Waals surface area (Å²) in [6.07, 6.45) is -3.87. The monoisotopic (exact) mass is 675 g/mol. The first-order valence-electron chi connectivity index (χ1n) is 15.1. The van der Waals surface area contributed by atoms with Crippen LogP contribution in [0.5, 0.6) is 11.5 Å². The second kappa shape index (κ2) is 15.8. The van der Waals surface area contributed by atoms with Crippen LogP contribution in [-0.2, 0) is 15.7 Å². The maximum absolute atomic E-state index is 13.0. The Morgan fingerprint density at radius 1 is 0.854 bits per heavy atom. The first kappa shape index (κ1) is 36.0. The van der Waals surface area contributed by atoms with Crippen molar-refractivity contribution in [3.8, 4) is 11.5 Å². The molecular weight excluding hydrogens is 635 g/mol. The highest BCUT2D eigenvalue weighted by Crippen LogP contribution is 2.35. The molecule has 0 aliphatic carbocycles. The lowest BCUT2D eigenvalue weighted by Crippen LogP contribution is -2.40. The Labute approximate surface area is 276 Å². The summed E-state index contributed by atoms with van der Waals surface area (Å²) in [6, 6.07) is 6.75. The predicted molar refractivity (Wildman–Crippen MR) is 173 cm³/mol. The number of halogens is 3. The quantitative estimate of drug-likeness (QED) is 0.310. The molecule has 0 spiro atoms. The van der Waals surface area contributed by atoms with Gasteiger partial charge in [-0.05, 0) is 49.2 Å². The average molecular weight is 676 g/mol. The van der Waals surface area contributed by atoms with Crippen LogP contribution in [0, 0.1) is 13.8 Å². The van der Waals surface area contributed by atoms with Gasteiger partial charge < -0.3 is 45.1 Å². The van der Waals surface area contributed by atoms with Gasteiger partial charge in [-0.3, -0.25) is 9.59 Å². The zero-order valence-corrected chi connectivity index (χ0v) is 27.5. The molecule has 2 fully saturated rings. The summed E-state index contributed by atoms with van der Waals surface area (Å²) in [6.45, 7) is 8.08. The summed E-state index contributed by atoms with van der Waals surface area (Å²) in [5, 5.41) is 5.29. The van der Waals surface area contributed by atoms with Gasteiger partial charge in [0.1, 0.15) is 22.9 Å². The van der Waals surface area contributed by atoms with E-state index in [1.807, 2.05) is 6.92 Å². The molecule has 13 nitrogen and oxygen atoms in total. The van der Waals surface area contributed by atoms with Crippen LogP contribution in [0.1, 0.15) is 37.4 Å². The number of benzene rings is 2. The van der Waals surface area contributed by atoms with Crippen LogP contribution in [-0.4, -0.2) is 105 Å². The number of nitrogen functional groups attached to an aromatic ring is 1. The molecule has 3 heterocycles. The van der Waals surface area contributed by atoms with Crippen molar-refractivity contribution in [1.29, 1.82) is 0 Å². The van der Waals surface area contributed by atoms with Gasteiger partial charge >= 0.3 is 6.18 Å². The minimum absolute atomic E-state index is 0.00843. The Hall–Kier alpha value is -4.83. The van der Waals surface area contributed by atoms with Gasteiger partial charge in [0.25, 0.3) is 11.8 Å². The molecule has 2 aliphatic rings. The van der Waals surface area contributed by atoms with Crippen molar-refractivity contribution in [3.63, 3.8) is 0 Å². The third-order valence-electron chi connectivity index (χ3n) is 7.76. The number of carbonyl (C=O) groups excluding carboxylic acids is 2. The highest BCUT2D eigenvalue weighted by Gasteiger charge is 2.35. The SMILES string of the molecule is CNc1nc(Nc2cc(C)c(C(=O)N3CCOCC3)cc2OC)ncc1C(F)(F)F.COc1cc(C(=O)N2CCOCC2)c(C)cc1N. The first-order valence-corrected chi connectivity index (χ1v) is 15.1. The maximum atomic E-state index is 13.0. The smallest absolute Gasteiger partial charge is 0.421 e. The zero-order chi connectivity index (χ0) is 35.0. The molecule has 2 amide bonds. The summed E-state index contributed by atoms with van der Waals surface area (Å²) in [4.78, 5) is 36.3. The summed E-state index contributed by atoms with van der Waals surface area (Å²) in [5.41, 5.74) is 8.48. The lowest BCUT2D eigenvalue weighted by atomic mass is 10.1. The van der Waals surface area contributed by atoms with E-state index in [0.29, 0.717) is 98.4 Å². The van der Waals surface area contributed by atoms with Crippen molar-refractivity contribution in [2.75, 3.05) is 90.2 Å². The molecule has 4 N–H and O–H groups in total. The van der Waals surface area contributed by atoms with Crippen molar-refractivity contribution in [1.82, 2.24) is 19.8 Å². The van der Waals surface area contributed by atoms with Crippen molar-refractivity contribution >= 4 is 35.0 Å². The molecule has 0 unspecified atom stereocenters. The molecule has 0 bridgehead atoms. The molecule has 0 saturated carbocycles. The summed E-state index contributed by atoms with van der Waals surface area (Å²) in [5.74, 6) is 0.356. The Morgan fingerprint density at radius 3 is 1.83 bits per heavy atom. The molecule has 2 aliphatic heterocycles. The van der Waals surface area contributed by atoms with Crippen LogP contribution >= 0.6 is 0 Å². The van der Waals surface area contributed by atoms with E-state index >= 15 is 0 Å². The molecule has 260 valence electrons. The van der Waals surface area contributed by atoms with Crippen molar-refractivity contribution in [3.05, 3.63) is 58.3 Å². The molecule has 5 rings (SSSR count). The number of carbonyl (C=O) groups is 2. The van der Waals surface area contributed by atoms with E-state index in [2.05, 4.69) is 20.6 Å². The van der Waals surface area contributed by atoms with Crippen LogP contribution in [0.2, 0.25) is 0 Å². The van der Waals surface area contributed by atoms with Gasteiger partial charge in [0.05, 0.1) is 52.0 Å². The second-order valence-corrected chi connectivity index (χ2v) is 10.9. The molecule has 16 heteroatoms. The van der Waals surface area contributed by atoms with Crippen LogP contribution in [0.25, 0.3) is 0 Å². The van der Waals surface area contributed by atoms with Crippen molar-refractivity contribution < 1.29 is 41.7 Å². The number of hydrogen-bond donors (Lipinski definition) is 3. The number of ether oxygens (including phenoxy) is 4. The predicted octanol–water partition coefficient (Wildman–Crippen LogP) is 4.13. The molecule has 2 aromatic carbocycles. The van der Waals surface area contributed by atoms with Crippen LogP contribution in [0.15, 0.2) is 30.5 Å². The Balaban J connectivity index is 0.000000246. The largest absolute Gasteiger partial charge is 0.495 e. The topological polar surface area (TPSA) is 153 Å². The molecule has 48 heavy (non-hydrogen) atoms. The Bertz CT molecular complexity index is 1610. The Morgan fingerprint density at radius 2 is 1.35 bits per heavy atom. The number of hydrogen-bond acceptors (Lipinski definition) is 11. The minimum atomic E-state index is -4.58. The van der Waals surface area contributed by atoms with Crippen LogP contribution < -0.4 is 25.8 Å². The fourth-order valence-electron chi connectivity index (χ4n) is 5.14.